The van der Waals surface area contributed by atoms with Crippen molar-refractivity contribution in [3.63, 3.8) is 0 Å². The zero-order chi connectivity index (χ0) is 29.1. The van der Waals surface area contributed by atoms with Crippen molar-refractivity contribution in [2.24, 2.45) is 11.8 Å². The maximum Gasteiger partial charge on any atom is 0.407 e. The first-order chi connectivity index (χ1) is 20.0. The van der Waals surface area contributed by atoms with Gasteiger partial charge in [0.25, 0.3) is 0 Å². The van der Waals surface area contributed by atoms with E-state index < -0.39 is 5.60 Å². The second kappa shape index (κ2) is 14.7. The number of aliphatic hydroxyl groups is 1. The maximum absolute atomic E-state index is 11.9. The van der Waals surface area contributed by atoms with Crippen LogP contribution in [-0.2, 0) is 15.1 Å². The number of hydrogen-bond donors (Lipinski definition) is 2. The van der Waals surface area contributed by atoms with E-state index in [9.17, 15) is 9.90 Å². The Bertz CT molecular complexity index is 1210. The predicted octanol–water partition coefficient (Wildman–Crippen LogP) is 6.09. The topological polar surface area (TPSA) is 86.2 Å². The number of benzene rings is 3. The Hall–Kier alpha value is -3.81. The standard InChI is InChI=1S/C34H41NO6/c1-25-21-27(25)24-40-33(37)35-20-8-7-9-26(22-36)23-41-34(28-10-5-4-6-11-28,29-12-16-31(38-2)17-13-29)30-14-18-32(39-3)19-15-30/h4-6,10-19,21,26-27,36H,7-9,20,22-24H2,1-3H3,(H,35,37). The summed E-state index contributed by atoms with van der Waals surface area (Å²) >= 11 is 0. The van der Waals surface area contributed by atoms with Gasteiger partial charge in [-0.1, -0.05) is 72.7 Å². The molecule has 1 aliphatic rings. The molecule has 218 valence electrons. The highest BCUT2D eigenvalue weighted by Crippen LogP contribution is 2.42. The number of aliphatic hydroxyl groups excluding tert-OH is 1. The number of carbonyl (C=O) groups is 1. The predicted molar refractivity (Wildman–Crippen MR) is 159 cm³/mol. The van der Waals surface area contributed by atoms with Gasteiger partial charge in [-0.05, 0) is 60.7 Å². The molecule has 0 saturated carbocycles. The molecule has 0 bridgehead atoms. The molecular formula is C34H41NO6. The number of hydrogen-bond acceptors (Lipinski definition) is 6. The molecular weight excluding hydrogens is 518 g/mol. The van der Waals surface area contributed by atoms with E-state index >= 15 is 0 Å². The zero-order valence-corrected chi connectivity index (χ0v) is 24.2. The number of carbonyl (C=O) groups excluding carboxylic acids is 1. The number of ether oxygens (including phenoxy) is 4. The lowest BCUT2D eigenvalue weighted by Crippen LogP contribution is -2.35. The quantitative estimate of drug-likeness (QED) is 0.125. The summed E-state index contributed by atoms with van der Waals surface area (Å²) in [5, 5.41) is 13.1. The molecule has 2 unspecified atom stereocenters. The maximum atomic E-state index is 11.9. The van der Waals surface area contributed by atoms with Gasteiger partial charge < -0.3 is 29.4 Å². The van der Waals surface area contributed by atoms with Gasteiger partial charge >= 0.3 is 6.09 Å². The normalized spacial score (nSPS) is 15.0. The molecule has 41 heavy (non-hydrogen) atoms. The van der Waals surface area contributed by atoms with Gasteiger partial charge in [0.1, 0.15) is 23.7 Å². The second-order valence-electron chi connectivity index (χ2n) is 10.4. The summed E-state index contributed by atoms with van der Waals surface area (Å²) in [7, 11) is 3.30. The Labute approximate surface area is 243 Å². The Morgan fingerprint density at radius 3 is 1.95 bits per heavy atom. The highest BCUT2D eigenvalue weighted by molar-refractivity contribution is 5.67. The fourth-order valence-corrected chi connectivity index (χ4v) is 4.96. The van der Waals surface area contributed by atoms with Gasteiger partial charge in [-0.15, -0.1) is 0 Å². The lowest BCUT2D eigenvalue weighted by atomic mass is 9.79. The Kier molecular flexibility index (Phi) is 10.8. The summed E-state index contributed by atoms with van der Waals surface area (Å²) in [5.74, 6) is 1.75. The van der Waals surface area contributed by atoms with E-state index in [1.54, 1.807) is 14.2 Å². The summed E-state index contributed by atoms with van der Waals surface area (Å²) in [6, 6.07) is 26.0. The number of methoxy groups -OCH3 is 2. The van der Waals surface area contributed by atoms with Crippen molar-refractivity contribution in [3.05, 3.63) is 107 Å². The van der Waals surface area contributed by atoms with Crippen LogP contribution in [0.3, 0.4) is 0 Å². The molecule has 0 saturated heterocycles. The molecule has 3 aromatic carbocycles. The van der Waals surface area contributed by atoms with E-state index in [0.29, 0.717) is 25.7 Å². The van der Waals surface area contributed by atoms with Gasteiger partial charge in [0.2, 0.25) is 0 Å². The first kappa shape index (κ1) is 30.2. The monoisotopic (exact) mass is 559 g/mol. The van der Waals surface area contributed by atoms with Crippen LogP contribution in [0.25, 0.3) is 0 Å². The van der Waals surface area contributed by atoms with Gasteiger partial charge in [0, 0.05) is 25.0 Å². The lowest BCUT2D eigenvalue weighted by molar-refractivity contribution is -0.0205. The van der Waals surface area contributed by atoms with Crippen molar-refractivity contribution < 1.29 is 28.8 Å². The smallest absolute Gasteiger partial charge is 0.407 e. The van der Waals surface area contributed by atoms with E-state index in [-0.39, 0.29) is 18.6 Å². The summed E-state index contributed by atoms with van der Waals surface area (Å²) in [6.45, 7) is 3.31. The number of nitrogens with one attached hydrogen (secondary N) is 1. The fraction of sp³-hybridized carbons (Fsp3) is 0.382. The van der Waals surface area contributed by atoms with E-state index in [1.807, 2.05) is 73.7 Å². The molecule has 0 fully saturated rings. The zero-order valence-electron chi connectivity index (χ0n) is 24.2. The molecule has 0 radical (unpaired) electrons. The lowest BCUT2D eigenvalue weighted by Gasteiger charge is -2.37. The van der Waals surface area contributed by atoms with Gasteiger partial charge in [-0.25, -0.2) is 4.79 Å². The van der Waals surface area contributed by atoms with Gasteiger partial charge in [-0.3, -0.25) is 0 Å². The Balaban J connectivity index is 1.46. The molecule has 2 N–H and O–H groups in total. The van der Waals surface area contributed by atoms with Crippen LogP contribution in [-0.4, -0.2) is 51.8 Å². The minimum absolute atomic E-state index is 0.000690. The van der Waals surface area contributed by atoms with Crippen molar-refractivity contribution in [3.8, 4) is 11.5 Å². The summed E-state index contributed by atoms with van der Waals surface area (Å²) in [6.07, 6.45) is 4.08. The highest BCUT2D eigenvalue weighted by Gasteiger charge is 2.38. The molecule has 1 aliphatic carbocycles. The van der Waals surface area contributed by atoms with E-state index in [1.165, 1.54) is 5.57 Å². The third-order valence-corrected chi connectivity index (χ3v) is 7.61. The van der Waals surface area contributed by atoms with E-state index in [4.69, 9.17) is 18.9 Å². The van der Waals surface area contributed by atoms with Crippen LogP contribution >= 0.6 is 0 Å². The molecule has 0 heterocycles. The van der Waals surface area contributed by atoms with Crippen LogP contribution in [0.15, 0.2) is 90.5 Å². The molecule has 0 spiro atoms. The Morgan fingerprint density at radius 2 is 1.44 bits per heavy atom. The molecule has 0 aromatic heterocycles. The molecule has 7 heteroatoms. The first-order valence-corrected chi connectivity index (χ1v) is 14.2. The fourth-order valence-electron chi connectivity index (χ4n) is 4.96. The third-order valence-electron chi connectivity index (χ3n) is 7.61. The SMILES string of the molecule is COc1ccc(C(OCC(CO)CCCCNC(=O)OCC2C=C2C)(c2ccccc2)c2ccc(OC)cc2)cc1. The van der Waals surface area contributed by atoms with Crippen molar-refractivity contribution in [2.75, 3.05) is 40.6 Å². The van der Waals surface area contributed by atoms with Crippen LogP contribution in [0, 0.1) is 11.8 Å². The van der Waals surface area contributed by atoms with Crippen LogP contribution in [0.4, 0.5) is 4.79 Å². The van der Waals surface area contributed by atoms with Gasteiger partial charge in [0.15, 0.2) is 0 Å². The summed E-state index contributed by atoms with van der Waals surface area (Å²) in [4.78, 5) is 11.9. The highest BCUT2D eigenvalue weighted by atomic mass is 16.5. The molecule has 7 nitrogen and oxygen atoms in total. The average molecular weight is 560 g/mol. The molecule has 3 aromatic rings. The average Bonchev–Trinajstić information content (AvgIpc) is 3.74. The number of amides is 1. The van der Waals surface area contributed by atoms with Crippen LogP contribution in [0.1, 0.15) is 42.9 Å². The van der Waals surface area contributed by atoms with Crippen molar-refractivity contribution in [1.82, 2.24) is 5.32 Å². The summed E-state index contributed by atoms with van der Waals surface area (Å²) < 4.78 is 23.0. The van der Waals surface area contributed by atoms with E-state index in [2.05, 4.69) is 23.5 Å². The molecule has 0 aliphatic heterocycles. The van der Waals surface area contributed by atoms with Gasteiger partial charge in [0.05, 0.1) is 20.8 Å². The van der Waals surface area contributed by atoms with Gasteiger partial charge in [-0.2, -0.15) is 0 Å². The number of alkyl carbamates (subject to hydrolysis) is 1. The molecule has 2 atom stereocenters. The third kappa shape index (κ3) is 7.90. The number of unbranched alkanes of at least 4 members (excludes halogenated alkanes) is 1. The Morgan fingerprint density at radius 1 is 0.878 bits per heavy atom. The summed E-state index contributed by atoms with van der Waals surface area (Å²) in [5.41, 5.74) is 3.22. The van der Waals surface area contributed by atoms with Crippen LogP contribution < -0.4 is 14.8 Å². The molecule has 1 amide bonds. The minimum Gasteiger partial charge on any atom is -0.497 e. The second-order valence-corrected chi connectivity index (χ2v) is 10.4. The first-order valence-electron chi connectivity index (χ1n) is 14.2. The van der Waals surface area contributed by atoms with Crippen LogP contribution in [0.5, 0.6) is 11.5 Å². The van der Waals surface area contributed by atoms with Crippen LogP contribution in [0.2, 0.25) is 0 Å². The van der Waals surface area contributed by atoms with Crippen molar-refractivity contribution in [2.45, 2.75) is 31.8 Å². The van der Waals surface area contributed by atoms with E-state index in [0.717, 1.165) is 47.5 Å². The minimum atomic E-state index is -0.923. The van der Waals surface area contributed by atoms with Crippen molar-refractivity contribution in [1.29, 1.82) is 0 Å². The number of rotatable bonds is 16. The van der Waals surface area contributed by atoms with Crippen molar-refractivity contribution >= 4 is 6.09 Å². The molecule has 4 rings (SSSR count). The largest absolute Gasteiger partial charge is 0.497 e.